The molecule has 130 valence electrons. The number of aromatic nitrogens is 1. The molecule has 2 N–H and O–H groups in total. The van der Waals surface area contributed by atoms with Crippen LogP contribution >= 0.6 is 22.7 Å². The third-order valence-electron chi connectivity index (χ3n) is 3.31. The highest BCUT2D eigenvalue weighted by Crippen LogP contribution is 2.30. The highest BCUT2D eigenvalue weighted by Gasteiger charge is 2.20. The molecule has 3 aromatic rings. The number of amides is 2. The third-order valence-corrected chi connectivity index (χ3v) is 6.52. The van der Waals surface area contributed by atoms with Gasteiger partial charge in [-0.15, -0.1) is 22.7 Å². The number of carbonyl (C=O) groups is 1. The monoisotopic (exact) mass is 393 g/mol. The van der Waals surface area contributed by atoms with Crippen LogP contribution in [0.15, 0.2) is 46.7 Å². The number of nitrogens with zero attached hydrogens (tertiary/aromatic N) is 1. The summed E-state index contributed by atoms with van der Waals surface area (Å²) in [6.45, 7) is 3.70. The zero-order chi connectivity index (χ0) is 18.0. The van der Waals surface area contributed by atoms with Crippen molar-refractivity contribution >= 4 is 43.9 Å². The third kappa shape index (κ3) is 4.06. The summed E-state index contributed by atoms with van der Waals surface area (Å²) < 4.78 is 26.3. The van der Waals surface area contributed by atoms with Gasteiger partial charge in [0, 0.05) is 20.7 Å². The number of thiophene rings is 1. The maximum atomic E-state index is 12.2. The second-order valence-corrected chi connectivity index (χ2v) is 9.24. The van der Waals surface area contributed by atoms with E-state index in [2.05, 4.69) is 10.3 Å². The van der Waals surface area contributed by atoms with Crippen molar-refractivity contribution < 1.29 is 13.2 Å². The molecule has 0 spiro atoms. The number of hydrogen-bond donors (Lipinski definition) is 2. The molecule has 0 bridgehead atoms. The molecule has 1 aromatic carbocycles. The van der Waals surface area contributed by atoms with Crippen LogP contribution in [-0.4, -0.2) is 19.4 Å². The molecule has 2 aromatic heterocycles. The number of carbonyl (C=O) groups excluding carboxylic acids is 1. The molecule has 25 heavy (non-hydrogen) atoms. The molecule has 2 amide bonds. The molecule has 0 saturated carbocycles. The molecule has 0 saturated heterocycles. The maximum Gasteiger partial charge on any atom is 0.334 e. The fourth-order valence-electron chi connectivity index (χ4n) is 2.18. The predicted octanol–water partition coefficient (Wildman–Crippen LogP) is 4.00. The minimum absolute atomic E-state index is 0.0745. The van der Waals surface area contributed by atoms with Crippen molar-refractivity contribution in [1.82, 2.24) is 9.71 Å². The fraction of sp³-hybridized carbons (Fsp3) is 0.125. The van der Waals surface area contributed by atoms with E-state index in [0.717, 1.165) is 21.0 Å². The van der Waals surface area contributed by atoms with E-state index in [4.69, 9.17) is 0 Å². The predicted molar refractivity (Wildman–Crippen MR) is 101 cm³/mol. The van der Waals surface area contributed by atoms with Crippen LogP contribution in [0, 0.1) is 13.8 Å². The van der Waals surface area contributed by atoms with Crippen LogP contribution in [0.1, 0.15) is 9.75 Å². The molecule has 9 heteroatoms. The Morgan fingerprint density at radius 3 is 2.52 bits per heavy atom. The van der Waals surface area contributed by atoms with Gasteiger partial charge < -0.3 is 0 Å². The zero-order valence-electron chi connectivity index (χ0n) is 13.4. The number of urea groups is 1. The summed E-state index contributed by atoms with van der Waals surface area (Å²) >= 11 is 2.59. The Kier molecular flexibility index (Phi) is 4.89. The summed E-state index contributed by atoms with van der Waals surface area (Å²) in [5.74, 6) is 0. The van der Waals surface area contributed by atoms with E-state index in [1.165, 1.54) is 34.1 Å². The van der Waals surface area contributed by atoms with Crippen LogP contribution in [0.4, 0.5) is 9.93 Å². The molecule has 0 aliphatic carbocycles. The van der Waals surface area contributed by atoms with Gasteiger partial charge in [-0.25, -0.2) is 22.9 Å². The van der Waals surface area contributed by atoms with Crippen molar-refractivity contribution in [3.05, 3.63) is 51.5 Å². The lowest BCUT2D eigenvalue weighted by atomic mass is 10.1. The van der Waals surface area contributed by atoms with E-state index in [0.29, 0.717) is 5.13 Å². The first-order chi connectivity index (χ1) is 11.8. The Hall–Kier alpha value is -2.23. The second kappa shape index (κ2) is 6.95. The molecular formula is C16H15N3O3S3. The molecule has 0 unspecified atom stereocenters. The summed E-state index contributed by atoms with van der Waals surface area (Å²) in [6, 6.07) is 10.3. The van der Waals surface area contributed by atoms with Gasteiger partial charge in [0.05, 0.1) is 10.6 Å². The van der Waals surface area contributed by atoms with Crippen molar-refractivity contribution in [2.24, 2.45) is 0 Å². The summed E-state index contributed by atoms with van der Waals surface area (Å²) in [4.78, 5) is 18.3. The lowest BCUT2D eigenvalue weighted by Gasteiger charge is -2.05. The van der Waals surface area contributed by atoms with Crippen molar-refractivity contribution in [3.63, 3.8) is 0 Å². The SMILES string of the molecule is Cc1cc(S(=O)(=O)NC(=O)Nc2nc(-c3ccccc3)c(C)s2)cs1. The van der Waals surface area contributed by atoms with Gasteiger partial charge in [-0.3, -0.25) is 5.32 Å². The van der Waals surface area contributed by atoms with Gasteiger partial charge >= 0.3 is 6.03 Å². The fourth-order valence-corrected chi connectivity index (χ4v) is 5.04. The van der Waals surface area contributed by atoms with Crippen molar-refractivity contribution in [2.45, 2.75) is 18.7 Å². The Labute approximate surface area is 153 Å². The Morgan fingerprint density at radius 2 is 1.88 bits per heavy atom. The molecule has 6 nitrogen and oxygen atoms in total. The van der Waals surface area contributed by atoms with Crippen molar-refractivity contribution in [3.8, 4) is 11.3 Å². The molecule has 0 aliphatic heterocycles. The van der Waals surface area contributed by atoms with Gasteiger partial charge in [0.2, 0.25) is 0 Å². The largest absolute Gasteiger partial charge is 0.334 e. The highest BCUT2D eigenvalue weighted by atomic mass is 32.2. The van der Waals surface area contributed by atoms with Crippen molar-refractivity contribution in [1.29, 1.82) is 0 Å². The van der Waals surface area contributed by atoms with Gasteiger partial charge in [-0.1, -0.05) is 30.3 Å². The van der Waals surface area contributed by atoms with E-state index < -0.39 is 16.1 Å². The Bertz CT molecular complexity index is 1010. The van der Waals surface area contributed by atoms with Gasteiger partial charge in [0.15, 0.2) is 5.13 Å². The highest BCUT2D eigenvalue weighted by molar-refractivity contribution is 7.90. The minimum Gasteiger partial charge on any atom is -0.283 e. The zero-order valence-corrected chi connectivity index (χ0v) is 15.9. The Morgan fingerprint density at radius 1 is 1.16 bits per heavy atom. The van der Waals surface area contributed by atoms with E-state index in [-0.39, 0.29) is 4.90 Å². The normalized spacial score (nSPS) is 11.3. The first kappa shape index (κ1) is 17.6. The number of rotatable bonds is 4. The Balaban J connectivity index is 1.74. The number of thiazole rings is 1. The van der Waals surface area contributed by atoms with Crippen LogP contribution in [-0.2, 0) is 10.0 Å². The summed E-state index contributed by atoms with van der Waals surface area (Å²) in [6.07, 6.45) is 0. The van der Waals surface area contributed by atoms with Crippen LogP contribution in [0.5, 0.6) is 0 Å². The summed E-state index contributed by atoms with van der Waals surface area (Å²) in [5, 5.41) is 4.32. The van der Waals surface area contributed by atoms with Crippen LogP contribution in [0.25, 0.3) is 11.3 Å². The molecular weight excluding hydrogens is 378 g/mol. The lowest BCUT2D eigenvalue weighted by molar-refractivity contribution is 0.256. The number of aryl methyl sites for hydroxylation is 2. The van der Waals surface area contributed by atoms with Crippen LogP contribution in [0.2, 0.25) is 0 Å². The van der Waals surface area contributed by atoms with Crippen LogP contribution in [0.3, 0.4) is 0 Å². The average molecular weight is 394 g/mol. The molecule has 0 radical (unpaired) electrons. The molecule has 0 aliphatic rings. The minimum atomic E-state index is -3.89. The van der Waals surface area contributed by atoms with Gasteiger partial charge in [0.25, 0.3) is 10.0 Å². The van der Waals surface area contributed by atoms with Crippen LogP contribution < -0.4 is 10.0 Å². The number of hydrogen-bond acceptors (Lipinski definition) is 6. The number of benzene rings is 1. The molecule has 0 fully saturated rings. The number of sulfonamides is 1. The number of nitrogens with one attached hydrogen (secondary N) is 2. The van der Waals surface area contributed by atoms with Gasteiger partial charge in [-0.2, -0.15) is 0 Å². The second-order valence-electron chi connectivity index (χ2n) is 5.24. The molecule has 2 heterocycles. The maximum absolute atomic E-state index is 12.2. The summed E-state index contributed by atoms with van der Waals surface area (Å²) in [5.41, 5.74) is 1.70. The molecule has 0 atom stereocenters. The summed E-state index contributed by atoms with van der Waals surface area (Å²) in [7, 11) is -3.89. The first-order valence-corrected chi connectivity index (χ1v) is 10.4. The average Bonchev–Trinajstić information content (AvgIpc) is 3.14. The lowest BCUT2D eigenvalue weighted by Crippen LogP contribution is -2.34. The molecule has 3 rings (SSSR count). The quantitative estimate of drug-likeness (QED) is 0.701. The van der Waals surface area contributed by atoms with E-state index >= 15 is 0 Å². The van der Waals surface area contributed by atoms with E-state index in [9.17, 15) is 13.2 Å². The topological polar surface area (TPSA) is 88.2 Å². The van der Waals surface area contributed by atoms with E-state index in [1.807, 2.05) is 42.0 Å². The van der Waals surface area contributed by atoms with Crippen molar-refractivity contribution in [2.75, 3.05) is 5.32 Å². The standard InChI is InChI=1S/C16H15N3O3S3/c1-10-8-13(9-23-10)25(21,22)19-15(20)18-16-17-14(11(2)24-16)12-6-4-3-5-7-12/h3-9H,1-2H3,(H2,17,18,19,20). The van der Waals surface area contributed by atoms with Gasteiger partial charge in [-0.05, 0) is 19.9 Å². The smallest absolute Gasteiger partial charge is 0.283 e. The number of anilines is 1. The van der Waals surface area contributed by atoms with Gasteiger partial charge in [0.1, 0.15) is 0 Å². The first-order valence-electron chi connectivity index (χ1n) is 7.27. The van der Waals surface area contributed by atoms with E-state index in [1.54, 1.807) is 6.92 Å².